The highest BCUT2D eigenvalue weighted by molar-refractivity contribution is 5.55. The highest BCUT2D eigenvalue weighted by Gasteiger charge is 2.07. The van der Waals surface area contributed by atoms with E-state index in [2.05, 4.69) is 4.98 Å². The molecule has 2 aromatic rings. The lowest BCUT2D eigenvalue weighted by Crippen LogP contribution is -2.02. The molecule has 0 aliphatic carbocycles. The first kappa shape index (κ1) is 13.0. The van der Waals surface area contributed by atoms with E-state index < -0.39 is 0 Å². The summed E-state index contributed by atoms with van der Waals surface area (Å²) in [4.78, 5) is 4.11. The summed E-state index contributed by atoms with van der Waals surface area (Å²) in [5.41, 5.74) is 7.26. The Hall–Kier alpha value is -2.43. The summed E-state index contributed by atoms with van der Waals surface area (Å²) in [6, 6.07) is 9.00. The Kier molecular flexibility index (Phi) is 4.07. The maximum absolute atomic E-state index is 5.85. The first-order valence-corrected chi connectivity index (χ1v) is 5.78. The molecule has 0 saturated heterocycles. The highest BCUT2D eigenvalue weighted by Crippen LogP contribution is 2.28. The van der Waals surface area contributed by atoms with E-state index in [0.29, 0.717) is 29.7 Å². The first-order chi connectivity index (χ1) is 9.24. The molecule has 5 nitrogen and oxygen atoms in total. The van der Waals surface area contributed by atoms with Gasteiger partial charge in [0.1, 0.15) is 18.1 Å². The lowest BCUT2D eigenvalue weighted by molar-refractivity contribution is 0.293. The van der Waals surface area contributed by atoms with Crippen molar-refractivity contribution in [1.82, 2.24) is 4.98 Å². The van der Waals surface area contributed by atoms with Gasteiger partial charge in [0.25, 0.3) is 0 Å². The molecule has 1 aromatic carbocycles. The van der Waals surface area contributed by atoms with Crippen LogP contribution in [-0.2, 0) is 6.61 Å². The predicted molar refractivity (Wildman–Crippen MR) is 72.5 cm³/mol. The van der Waals surface area contributed by atoms with Crippen molar-refractivity contribution in [3.8, 4) is 17.4 Å². The van der Waals surface area contributed by atoms with Crippen LogP contribution in [0.1, 0.15) is 5.56 Å². The number of rotatable bonds is 5. The summed E-state index contributed by atoms with van der Waals surface area (Å²) in [5, 5.41) is 0. The lowest BCUT2D eigenvalue weighted by Gasteiger charge is -2.11. The van der Waals surface area contributed by atoms with Crippen molar-refractivity contribution in [2.45, 2.75) is 6.61 Å². The molecule has 1 heterocycles. The SMILES string of the molecule is COc1ccc(N)c(OCc2cccnc2OC)c1. The van der Waals surface area contributed by atoms with Gasteiger partial charge in [-0.1, -0.05) is 0 Å². The van der Waals surface area contributed by atoms with Gasteiger partial charge in [0.05, 0.1) is 25.5 Å². The van der Waals surface area contributed by atoms with Crippen LogP contribution >= 0.6 is 0 Å². The molecule has 0 amide bonds. The van der Waals surface area contributed by atoms with Crippen LogP contribution in [0.15, 0.2) is 36.5 Å². The molecule has 100 valence electrons. The second-order valence-corrected chi connectivity index (χ2v) is 3.86. The van der Waals surface area contributed by atoms with Crippen molar-refractivity contribution in [3.05, 3.63) is 42.1 Å². The third kappa shape index (κ3) is 3.07. The van der Waals surface area contributed by atoms with E-state index in [0.717, 1.165) is 5.56 Å². The number of pyridine rings is 1. The van der Waals surface area contributed by atoms with Crippen LogP contribution in [0.3, 0.4) is 0 Å². The summed E-state index contributed by atoms with van der Waals surface area (Å²) in [6.45, 7) is 0.328. The van der Waals surface area contributed by atoms with E-state index in [1.165, 1.54) is 0 Å². The number of methoxy groups -OCH3 is 2. The molecular formula is C14H16N2O3. The number of ether oxygens (including phenoxy) is 3. The maximum atomic E-state index is 5.85. The van der Waals surface area contributed by atoms with Crippen molar-refractivity contribution in [2.24, 2.45) is 0 Å². The fraction of sp³-hybridized carbons (Fsp3) is 0.214. The highest BCUT2D eigenvalue weighted by atomic mass is 16.5. The molecule has 0 spiro atoms. The molecule has 1 aromatic heterocycles. The maximum Gasteiger partial charge on any atom is 0.219 e. The number of hydrogen-bond donors (Lipinski definition) is 1. The molecule has 0 aliphatic rings. The number of benzene rings is 1. The van der Waals surface area contributed by atoms with E-state index in [4.69, 9.17) is 19.9 Å². The monoisotopic (exact) mass is 260 g/mol. The summed E-state index contributed by atoms with van der Waals surface area (Å²) < 4.78 is 16.0. The molecule has 2 N–H and O–H groups in total. The zero-order valence-electron chi connectivity index (χ0n) is 10.9. The van der Waals surface area contributed by atoms with E-state index in [9.17, 15) is 0 Å². The number of hydrogen-bond acceptors (Lipinski definition) is 5. The van der Waals surface area contributed by atoms with Crippen LogP contribution in [0, 0.1) is 0 Å². The molecular weight excluding hydrogens is 244 g/mol. The van der Waals surface area contributed by atoms with Crippen molar-refractivity contribution in [2.75, 3.05) is 20.0 Å². The van der Waals surface area contributed by atoms with Gasteiger partial charge in [-0.05, 0) is 24.3 Å². The molecule has 5 heteroatoms. The molecule has 0 fully saturated rings. The predicted octanol–water partition coefficient (Wildman–Crippen LogP) is 2.26. The molecule has 0 atom stereocenters. The van der Waals surface area contributed by atoms with Crippen LogP contribution in [0.5, 0.6) is 17.4 Å². The summed E-state index contributed by atoms with van der Waals surface area (Å²) in [6.07, 6.45) is 1.67. The van der Waals surface area contributed by atoms with E-state index in [-0.39, 0.29) is 0 Å². The Bertz CT molecular complexity index is 558. The molecule has 0 radical (unpaired) electrons. The normalized spacial score (nSPS) is 10.0. The minimum Gasteiger partial charge on any atom is -0.497 e. The van der Waals surface area contributed by atoms with Crippen molar-refractivity contribution >= 4 is 5.69 Å². The van der Waals surface area contributed by atoms with Crippen molar-refractivity contribution in [3.63, 3.8) is 0 Å². The molecule has 19 heavy (non-hydrogen) atoms. The second-order valence-electron chi connectivity index (χ2n) is 3.86. The minimum atomic E-state index is 0.328. The van der Waals surface area contributed by atoms with Crippen LogP contribution in [-0.4, -0.2) is 19.2 Å². The van der Waals surface area contributed by atoms with Crippen molar-refractivity contribution in [1.29, 1.82) is 0 Å². The van der Waals surface area contributed by atoms with Gasteiger partial charge >= 0.3 is 0 Å². The molecule has 0 aliphatic heterocycles. The van der Waals surface area contributed by atoms with E-state index in [1.807, 2.05) is 12.1 Å². The van der Waals surface area contributed by atoms with Gasteiger partial charge in [-0.3, -0.25) is 0 Å². The zero-order valence-corrected chi connectivity index (χ0v) is 10.9. The van der Waals surface area contributed by atoms with Crippen LogP contribution in [0.25, 0.3) is 0 Å². The van der Waals surface area contributed by atoms with Crippen LogP contribution in [0.2, 0.25) is 0 Å². The molecule has 0 unspecified atom stereocenters. The van der Waals surface area contributed by atoms with Gasteiger partial charge in [-0.15, -0.1) is 0 Å². The number of anilines is 1. The standard InChI is InChI=1S/C14H16N2O3/c1-17-11-5-6-12(15)13(8-11)19-9-10-4-3-7-16-14(10)18-2/h3-8H,9,15H2,1-2H3. The van der Waals surface area contributed by atoms with Gasteiger partial charge < -0.3 is 19.9 Å². The smallest absolute Gasteiger partial charge is 0.219 e. The summed E-state index contributed by atoms with van der Waals surface area (Å²) >= 11 is 0. The summed E-state index contributed by atoms with van der Waals surface area (Å²) in [7, 11) is 3.17. The van der Waals surface area contributed by atoms with Crippen LogP contribution < -0.4 is 19.9 Å². The largest absolute Gasteiger partial charge is 0.497 e. The molecule has 2 rings (SSSR count). The quantitative estimate of drug-likeness (QED) is 0.835. The Morgan fingerprint density at radius 3 is 2.74 bits per heavy atom. The topological polar surface area (TPSA) is 66.6 Å². The fourth-order valence-corrected chi connectivity index (χ4v) is 1.64. The summed E-state index contributed by atoms with van der Waals surface area (Å²) in [5.74, 6) is 1.82. The van der Waals surface area contributed by atoms with Gasteiger partial charge in [0, 0.05) is 12.3 Å². The van der Waals surface area contributed by atoms with Gasteiger partial charge in [0.2, 0.25) is 5.88 Å². The third-order valence-corrected chi connectivity index (χ3v) is 2.65. The Morgan fingerprint density at radius 2 is 2.00 bits per heavy atom. The van der Waals surface area contributed by atoms with Gasteiger partial charge in [0.15, 0.2) is 0 Å². The Balaban J connectivity index is 2.14. The van der Waals surface area contributed by atoms with Gasteiger partial charge in [-0.2, -0.15) is 0 Å². The fourth-order valence-electron chi connectivity index (χ4n) is 1.64. The Morgan fingerprint density at radius 1 is 1.16 bits per heavy atom. The average molecular weight is 260 g/mol. The second kappa shape index (κ2) is 5.95. The lowest BCUT2D eigenvalue weighted by atomic mass is 10.2. The van der Waals surface area contributed by atoms with E-state index >= 15 is 0 Å². The number of aromatic nitrogens is 1. The van der Waals surface area contributed by atoms with E-state index in [1.54, 1.807) is 38.6 Å². The first-order valence-electron chi connectivity index (χ1n) is 5.78. The Labute approximate surface area is 111 Å². The number of nitrogens with zero attached hydrogens (tertiary/aromatic N) is 1. The zero-order chi connectivity index (χ0) is 13.7. The number of nitrogen functional groups attached to an aromatic ring is 1. The van der Waals surface area contributed by atoms with Crippen LogP contribution in [0.4, 0.5) is 5.69 Å². The third-order valence-electron chi connectivity index (χ3n) is 2.65. The molecule has 0 saturated carbocycles. The molecule has 0 bridgehead atoms. The average Bonchev–Trinajstić information content (AvgIpc) is 2.46. The van der Waals surface area contributed by atoms with Crippen molar-refractivity contribution < 1.29 is 14.2 Å². The minimum absolute atomic E-state index is 0.328. The van der Waals surface area contributed by atoms with Gasteiger partial charge in [-0.25, -0.2) is 4.98 Å². The number of nitrogens with two attached hydrogens (primary N) is 1.